The van der Waals surface area contributed by atoms with Crippen molar-refractivity contribution < 1.29 is 14.3 Å². The summed E-state index contributed by atoms with van der Waals surface area (Å²) in [5.41, 5.74) is 1.83. The van der Waals surface area contributed by atoms with Crippen molar-refractivity contribution in [2.75, 3.05) is 13.9 Å². The molecule has 0 spiro atoms. The molecule has 0 heterocycles. The third-order valence-corrected chi connectivity index (χ3v) is 2.35. The Morgan fingerprint density at radius 3 is 3.00 bits per heavy atom. The molecule has 0 saturated heterocycles. The number of benzene rings is 1. The Morgan fingerprint density at radius 2 is 2.21 bits per heavy atom. The molecule has 3 heteroatoms. The zero-order chi connectivity index (χ0) is 9.97. The lowest BCUT2D eigenvalue weighted by Crippen LogP contribution is -2.03. The first-order valence-corrected chi connectivity index (χ1v) is 4.59. The first-order chi connectivity index (χ1) is 6.83. The predicted octanol–water partition coefficient (Wildman–Crippen LogP) is 1.80. The molecule has 1 aliphatic carbocycles. The fraction of sp³-hybridized carbons (Fsp3) is 0.364. The zero-order valence-corrected chi connectivity index (χ0v) is 8.08. The van der Waals surface area contributed by atoms with E-state index in [1.807, 2.05) is 12.1 Å². The Bertz CT molecular complexity index is 358. The van der Waals surface area contributed by atoms with E-state index in [0.29, 0.717) is 12.2 Å². The number of ether oxygens (including phenoxy) is 2. The van der Waals surface area contributed by atoms with Crippen molar-refractivity contribution in [2.45, 2.75) is 12.8 Å². The van der Waals surface area contributed by atoms with Crippen molar-refractivity contribution in [1.82, 2.24) is 0 Å². The van der Waals surface area contributed by atoms with E-state index in [4.69, 9.17) is 9.47 Å². The minimum absolute atomic E-state index is 0.173. The quantitative estimate of drug-likeness (QED) is 0.685. The molecule has 3 nitrogen and oxygen atoms in total. The highest BCUT2D eigenvalue weighted by Crippen LogP contribution is 2.30. The van der Waals surface area contributed by atoms with Crippen LogP contribution < -0.4 is 4.74 Å². The molecular formula is C11H12O3. The Labute approximate surface area is 82.6 Å². The maximum absolute atomic E-state index is 11.5. The van der Waals surface area contributed by atoms with Gasteiger partial charge in [0, 0.05) is 13.5 Å². The molecule has 1 aliphatic rings. The molecule has 0 bridgehead atoms. The smallest absolute Gasteiger partial charge is 0.188 e. The Balaban J connectivity index is 2.32. The molecule has 74 valence electrons. The summed E-state index contributed by atoms with van der Waals surface area (Å²) in [6, 6.07) is 5.68. The molecule has 0 fully saturated rings. The van der Waals surface area contributed by atoms with Gasteiger partial charge in [0.15, 0.2) is 12.6 Å². The van der Waals surface area contributed by atoms with Crippen LogP contribution in [-0.2, 0) is 11.2 Å². The molecule has 0 radical (unpaired) electrons. The van der Waals surface area contributed by atoms with Crippen LogP contribution in [0, 0.1) is 0 Å². The lowest BCUT2D eigenvalue weighted by molar-refractivity contribution is 0.0503. The number of hydrogen-bond acceptors (Lipinski definition) is 3. The minimum atomic E-state index is 0.173. The third kappa shape index (κ3) is 1.51. The normalized spacial score (nSPS) is 14.2. The van der Waals surface area contributed by atoms with Crippen molar-refractivity contribution in [3.05, 3.63) is 29.3 Å². The van der Waals surface area contributed by atoms with Crippen molar-refractivity contribution in [3.8, 4) is 5.75 Å². The number of carbonyl (C=O) groups excluding carboxylic acids is 1. The van der Waals surface area contributed by atoms with E-state index in [-0.39, 0.29) is 12.6 Å². The van der Waals surface area contributed by atoms with Crippen molar-refractivity contribution in [3.63, 3.8) is 0 Å². The molecule has 14 heavy (non-hydrogen) atoms. The van der Waals surface area contributed by atoms with E-state index in [9.17, 15) is 4.79 Å². The number of hydrogen-bond donors (Lipinski definition) is 0. The van der Waals surface area contributed by atoms with Crippen molar-refractivity contribution in [2.24, 2.45) is 0 Å². The number of aryl methyl sites for hydroxylation is 1. The van der Waals surface area contributed by atoms with Crippen LogP contribution in [0.1, 0.15) is 22.3 Å². The SMILES string of the molecule is COCOc1cccc2c1C(=O)CC2. The van der Waals surface area contributed by atoms with Crippen molar-refractivity contribution in [1.29, 1.82) is 0 Å². The fourth-order valence-corrected chi connectivity index (χ4v) is 1.72. The molecule has 0 atom stereocenters. The van der Waals surface area contributed by atoms with Crippen LogP contribution in [0.5, 0.6) is 5.75 Å². The van der Waals surface area contributed by atoms with Gasteiger partial charge in [0.25, 0.3) is 0 Å². The van der Waals surface area contributed by atoms with E-state index in [2.05, 4.69) is 0 Å². The Hall–Kier alpha value is -1.35. The van der Waals surface area contributed by atoms with Gasteiger partial charge < -0.3 is 9.47 Å². The third-order valence-electron chi connectivity index (χ3n) is 2.35. The number of ketones is 1. The Morgan fingerprint density at radius 1 is 1.36 bits per heavy atom. The number of fused-ring (bicyclic) bond motifs is 1. The van der Waals surface area contributed by atoms with Crippen LogP contribution in [0.2, 0.25) is 0 Å². The summed E-state index contributed by atoms with van der Waals surface area (Å²) in [6.45, 7) is 0.184. The monoisotopic (exact) mass is 192 g/mol. The van der Waals surface area contributed by atoms with E-state index in [0.717, 1.165) is 17.5 Å². The molecule has 0 unspecified atom stereocenters. The molecule has 2 rings (SSSR count). The minimum Gasteiger partial charge on any atom is -0.467 e. The topological polar surface area (TPSA) is 35.5 Å². The van der Waals surface area contributed by atoms with Crippen LogP contribution in [0.4, 0.5) is 0 Å². The highest BCUT2D eigenvalue weighted by atomic mass is 16.7. The molecule has 1 aromatic carbocycles. The summed E-state index contributed by atoms with van der Waals surface area (Å²) >= 11 is 0. The van der Waals surface area contributed by atoms with Gasteiger partial charge in [-0.1, -0.05) is 12.1 Å². The van der Waals surface area contributed by atoms with Gasteiger partial charge in [-0.2, -0.15) is 0 Å². The van der Waals surface area contributed by atoms with E-state index in [1.54, 1.807) is 13.2 Å². The van der Waals surface area contributed by atoms with Crippen LogP contribution in [-0.4, -0.2) is 19.7 Å². The van der Waals surface area contributed by atoms with E-state index < -0.39 is 0 Å². The van der Waals surface area contributed by atoms with Gasteiger partial charge in [-0.25, -0.2) is 0 Å². The van der Waals surface area contributed by atoms with Crippen molar-refractivity contribution >= 4 is 5.78 Å². The van der Waals surface area contributed by atoms with Crippen LogP contribution in [0.3, 0.4) is 0 Å². The molecule has 0 N–H and O–H groups in total. The second kappa shape index (κ2) is 3.80. The summed E-state index contributed by atoms with van der Waals surface area (Å²) in [4.78, 5) is 11.5. The summed E-state index contributed by atoms with van der Waals surface area (Å²) in [6.07, 6.45) is 1.43. The average Bonchev–Trinajstić information content (AvgIpc) is 2.58. The largest absolute Gasteiger partial charge is 0.467 e. The van der Waals surface area contributed by atoms with Crippen LogP contribution in [0.25, 0.3) is 0 Å². The second-order valence-corrected chi connectivity index (χ2v) is 3.26. The summed E-state index contributed by atoms with van der Waals surface area (Å²) in [5, 5.41) is 0. The summed E-state index contributed by atoms with van der Waals surface area (Å²) in [5.74, 6) is 0.818. The van der Waals surface area contributed by atoms with Gasteiger partial charge in [0.2, 0.25) is 0 Å². The molecular weight excluding hydrogens is 180 g/mol. The number of rotatable bonds is 3. The van der Waals surface area contributed by atoms with Gasteiger partial charge in [-0.3, -0.25) is 4.79 Å². The van der Waals surface area contributed by atoms with E-state index in [1.165, 1.54) is 0 Å². The maximum atomic E-state index is 11.5. The Kier molecular flexibility index (Phi) is 2.50. The zero-order valence-electron chi connectivity index (χ0n) is 8.08. The molecule has 0 aliphatic heterocycles. The molecule has 0 amide bonds. The standard InChI is InChI=1S/C11H12O3/c1-13-7-14-10-4-2-3-8-5-6-9(12)11(8)10/h2-4H,5-7H2,1H3. The van der Waals surface area contributed by atoms with Gasteiger partial charge in [0.1, 0.15) is 5.75 Å². The van der Waals surface area contributed by atoms with Crippen LogP contribution >= 0.6 is 0 Å². The molecule has 0 aromatic heterocycles. The van der Waals surface area contributed by atoms with Gasteiger partial charge in [-0.05, 0) is 18.1 Å². The summed E-state index contributed by atoms with van der Waals surface area (Å²) in [7, 11) is 1.56. The summed E-state index contributed by atoms with van der Waals surface area (Å²) < 4.78 is 10.1. The number of methoxy groups -OCH3 is 1. The van der Waals surface area contributed by atoms with Gasteiger partial charge >= 0.3 is 0 Å². The highest BCUT2D eigenvalue weighted by molar-refractivity contribution is 6.02. The molecule has 1 aromatic rings. The number of Topliss-reactive ketones (excluding diaryl/α,β-unsaturated/α-hetero) is 1. The number of carbonyl (C=O) groups is 1. The fourth-order valence-electron chi connectivity index (χ4n) is 1.72. The predicted molar refractivity (Wildman–Crippen MR) is 51.6 cm³/mol. The average molecular weight is 192 g/mol. The first kappa shape index (κ1) is 9.21. The molecule has 0 saturated carbocycles. The maximum Gasteiger partial charge on any atom is 0.188 e. The highest BCUT2D eigenvalue weighted by Gasteiger charge is 2.23. The second-order valence-electron chi connectivity index (χ2n) is 3.26. The van der Waals surface area contributed by atoms with E-state index >= 15 is 0 Å². The lowest BCUT2D eigenvalue weighted by atomic mass is 10.1. The van der Waals surface area contributed by atoms with Gasteiger partial charge in [-0.15, -0.1) is 0 Å². The first-order valence-electron chi connectivity index (χ1n) is 4.59. The van der Waals surface area contributed by atoms with Gasteiger partial charge in [0.05, 0.1) is 5.56 Å². The van der Waals surface area contributed by atoms with Crippen LogP contribution in [0.15, 0.2) is 18.2 Å². The lowest BCUT2D eigenvalue weighted by Gasteiger charge is -2.08.